The third kappa shape index (κ3) is 3.80. The zero-order chi connectivity index (χ0) is 16.3. The molecule has 1 N–H and O–H groups in total. The molecule has 0 saturated carbocycles. The predicted octanol–water partition coefficient (Wildman–Crippen LogP) is 3.97. The summed E-state index contributed by atoms with van der Waals surface area (Å²) < 4.78 is 13.0. The van der Waals surface area contributed by atoms with Crippen molar-refractivity contribution in [2.45, 2.75) is 26.7 Å². The quantitative estimate of drug-likeness (QED) is 0.820. The van der Waals surface area contributed by atoms with E-state index >= 15 is 0 Å². The average molecular weight is 320 g/mol. The summed E-state index contributed by atoms with van der Waals surface area (Å²) in [5, 5.41) is 9.59. The van der Waals surface area contributed by atoms with Crippen LogP contribution in [0.15, 0.2) is 36.4 Å². The topological polar surface area (TPSA) is 54.4 Å². The van der Waals surface area contributed by atoms with Crippen LogP contribution in [-0.2, 0) is 17.6 Å². The number of carbonyl (C=O) groups excluding carboxylic acids is 1. The summed E-state index contributed by atoms with van der Waals surface area (Å²) in [5.41, 5.74) is -0.230. The van der Waals surface area contributed by atoms with E-state index in [1.54, 1.807) is 31.2 Å². The number of carboxylic acids is 1. The highest BCUT2D eigenvalue weighted by atomic mass is 32.1. The maximum atomic E-state index is 13.0. The third-order valence-corrected chi connectivity index (χ3v) is 4.78. The minimum atomic E-state index is -1.00. The molecule has 1 atom stereocenters. The first kappa shape index (κ1) is 16.4. The lowest BCUT2D eigenvalue weighted by atomic mass is 9.80. The summed E-state index contributed by atoms with van der Waals surface area (Å²) in [4.78, 5) is 24.5. The van der Waals surface area contributed by atoms with Crippen molar-refractivity contribution in [3.63, 3.8) is 0 Å². The number of Topliss-reactive ketones (excluding diaryl/α,β-unsaturated/α-hetero) is 1. The molecule has 1 heterocycles. The molecular weight excluding hydrogens is 303 g/mol. The van der Waals surface area contributed by atoms with Crippen LogP contribution in [-0.4, -0.2) is 16.9 Å². The van der Waals surface area contributed by atoms with Crippen molar-refractivity contribution >= 4 is 23.1 Å². The lowest BCUT2D eigenvalue weighted by molar-refractivity contribution is -0.147. The molecule has 0 aliphatic carbocycles. The number of carbonyl (C=O) groups is 2. The maximum Gasteiger partial charge on any atom is 0.310 e. The van der Waals surface area contributed by atoms with Crippen molar-refractivity contribution in [1.29, 1.82) is 0 Å². The standard InChI is InChI=1S/C17H17FO3S/c1-11(19)15-8-7-14(22-15)10-17(2,16(20)21)9-12-3-5-13(18)6-4-12/h3-8H,9-10H2,1-2H3,(H,20,21). The Morgan fingerprint density at radius 1 is 1.14 bits per heavy atom. The summed E-state index contributed by atoms with van der Waals surface area (Å²) in [5.74, 6) is -1.27. The van der Waals surface area contributed by atoms with Gasteiger partial charge in [-0.2, -0.15) is 0 Å². The van der Waals surface area contributed by atoms with Gasteiger partial charge in [-0.25, -0.2) is 4.39 Å². The van der Waals surface area contributed by atoms with Crippen molar-refractivity contribution in [3.8, 4) is 0 Å². The van der Waals surface area contributed by atoms with E-state index in [2.05, 4.69) is 0 Å². The summed E-state index contributed by atoms with van der Waals surface area (Å²) in [7, 11) is 0. The van der Waals surface area contributed by atoms with Crippen LogP contribution in [0, 0.1) is 11.2 Å². The Kier molecular flexibility index (Phi) is 4.76. The van der Waals surface area contributed by atoms with Crippen LogP contribution in [0.3, 0.4) is 0 Å². The SMILES string of the molecule is CC(=O)c1ccc(CC(C)(Cc2ccc(F)cc2)C(=O)O)s1. The first-order chi connectivity index (χ1) is 10.3. The van der Waals surface area contributed by atoms with Gasteiger partial charge in [0.25, 0.3) is 0 Å². The van der Waals surface area contributed by atoms with E-state index in [0.717, 1.165) is 10.4 Å². The lowest BCUT2D eigenvalue weighted by Crippen LogP contribution is -2.32. The molecule has 22 heavy (non-hydrogen) atoms. The molecule has 3 nitrogen and oxygen atoms in total. The van der Waals surface area contributed by atoms with Crippen LogP contribution in [0.1, 0.15) is 34.0 Å². The van der Waals surface area contributed by atoms with Crippen molar-refractivity contribution in [3.05, 3.63) is 57.5 Å². The van der Waals surface area contributed by atoms with Crippen LogP contribution in [0.25, 0.3) is 0 Å². The normalized spacial score (nSPS) is 13.6. The highest BCUT2D eigenvalue weighted by Crippen LogP contribution is 2.31. The Morgan fingerprint density at radius 2 is 1.77 bits per heavy atom. The molecule has 1 aromatic heterocycles. The average Bonchev–Trinajstić information content (AvgIpc) is 2.90. The van der Waals surface area contributed by atoms with E-state index in [4.69, 9.17) is 0 Å². The molecule has 0 aliphatic heterocycles. The van der Waals surface area contributed by atoms with Crippen molar-refractivity contribution < 1.29 is 19.1 Å². The van der Waals surface area contributed by atoms with E-state index < -0.39 is 11.4 Å². The fourth-order valence-electron chi connectivity index (χ4n) is 2.31. The van der Waals surface area contributed by atoms with Crippen molar-refractivity contribution in [2.24, 2.45) is 5.41 Å². The highest BCUT2D eigenvalue weighted by molar-refractivity contribution is 7.14. The van der Waals surface area contributed by atoms with E-state index in [9.17, 15) is 19.1 Å². The van der Waals surface area contributed by atoms with Crippen LogP contribution in [0.2, 0.25) is 0 Å². The zero-order valence-electron chi connectivity index (χ0n) is 12.4. The fraction of sp³-hybridized carbons (Fsp3) is 0.294. The van der Waals surface area contributed by atoms with Crippen molar-refractivity contribution in [1.82, 2.24) is 0 Å². The summed E-state index contributed by atoms with van der Waals surface area (Å²) in [6.07, 6.45) is 0.633. The van der Waals surface area contributed by atoms with Gasteiger partial charge in [0.1, 0.15) is 5.82 Å². The van der Waals surface area contributed by atoms with E-state index in [0.29, 0.717) is 17.7 Å². The molecule has 0 radical (unpaired) electrons. The Balaban J connectivity index is 2.21. The predicted molar refractivity (Wildman–Crippen MR) is 83.9 cm³/mol. The molecule has 5 heteroatoms. The van der Waals surface area contributed by atoms with Gasteiger partial charge < -0.3 is 5.11 Å². The summed E-state index contributed by atoms with van der Waals surface area (Å²) in [6, 6.07) is 9.39. The van der Waals surface area contributed by atoms with Gasteiger partial charge in [0, 0.05) is 4.88 Å². The van der Waals surface area contributed by atoms with Crippen molar-refractivity contribution in [2.75, 3.05) is 0 Å². The maximum absolute atomic E-state index is 13.0. The Labute approximate surface area is 132 Å². The van der Waals surface area contributed by atoms with Crippen LogP contribution in [0.5, 0.6) is 0 Å². The largest absolute Gasteiger partial charge is 0.481 e. The summed E-state index contributed by atoms with van der Waals surface area (Å²) >= 11 is 1.33. The first-order valence-corrected chi connectivity index (χ1v) is 7.69. The number of benzene rings is 1. The molecule has 1 unspecified atom stereocenters. The minimum Gasteiger partial charge on any atom is -0.481 e. The molecule has 0 aliphatic rings. The number of ketones is 1. The molecule has 0 fully saturated rings. The molecule has 0 bridgehead atoms. The first-order valence-electron chi connectivity index (χ1n) is 6.88. The molecule has 2 rings (SSSR count). The van der Waals surface area contributed by atoms with E-state index in [1.165, 1.54) is 30.4 Å². The number of halogens is 1. The Hall–Kier alpha value is -2.01. The van der Waals surface area contributed by atoms with Crippen LogP contribution >= 0.6 is 11.3 Å². The number of carboxylic acid groups (broad SMARTS) is 1. The molecule has 116 valence electrons. The number of rotatable bonds is 6. The Bertz CT molecular complexity index is 690. The minimum absolute atomic E-state index is 0.0215. The second-order valence-corrected chi connectivity index (χ2v) is 6.84. The van der Waals surface area contributed by atoms with Gasteiger partial charge in [0.05, 0.1) is 10.3 Å². The second kappa shape index (κ2) is 6.40. The number of hydrogen-bond acceptors (Lipinski definition) is 3. The van der Waals surface area contributed by atoms with E-state index in [1.807, 2.05) is 0 Å². The number of aliphatic carboxylic acids is 1. The molecule has 0 spiro atoms. The molecule has 1 aromatic carbocycles. The lowest BCUT2D eigenvalue weighted by Gasteiger charge is -2.24. The van der Waals surface area contributed by atoms with Gasteiger partial charge in [-0.1, -0.05) is 12.1 Å². The van der Waals surface area contributed by atoms with E-state index in [-0.39, 0.29) is 11.6 Å². The van der Waals surface area contributed by atoms with Gasteiger partial charge in [-0.15, -0.1) is 11.3 Å². The molecule has 0 saturated heterocycles. The fourth-order valence-corrected chi connectivity index (χ4v) is 3.40. The van der Waals surface area contributed by atoms with Crippen LogP contribution in [0.4, 0.5) is 4.39 Å². The van der Waals surface area contributed by atoms with Gasteiger partial charge in [-0.05, 0) is 56.5 Å². The smallest absolute Gasteiger partial charge is 0.310 e. The monoisotopic (exact) mass is 320 g/mol. The second-order valence-electron chi connectivity index (χ2n) is 5.67. The number of thiophene rings is 1. The zero-order valence-corrected chi connectivity index (χ0v) is 13.2. The molecular formula is C17H17FO3S. The highest BCUT2D eigenvalue weighted by Gasteiger charge is 2.34. The van der Waals surface area contributed by atoms with Gasteiger partial charge in [-0.3, -0.25) is 9.59 Å². The van der Waals surface area contributed by atoms with Gasteiger partial charge >= 0.3 is 5.97 Å². The summed E-state index contributed by atoms with van der Waals surface area (Å²) in [6.45, 7) is 3.16. The van der Waals surface area contributed by atoms with Gasteiger partial charge in [0.2, 0.25) is 0 Å². The molecule has 0 amide bonds. The van der Waals surface area contributed by atoms with Crippen LogP contribution < -0.4 is 0 Å². The number of hydrogen-bond donors (Lipinski definition) is 1. The third-order valence-electron chi connectivity index (χ3n) is 3.60. The Morgan fingerprint density at radius 3 is 2.27 bits per heavy atom. The molecule has 2 aromatic rings. The van der Waals surface area contributed by atoms with Gasteiger partial charge in [0.15, 0.2) is 5.78 Å².